The highest BCUT2D eigenvalue weighted by Gasteiger charge is 2.10. The van der Waals surface area contributed by atoms with E-state index in [1.165, 1.54) is 6.07 Å². The van der Waals surface area contributed by atoms with Crippen LogP contribution in [0.4, 0.5) is 15.8 Å². The number of hydrogen-bond acceptors (Lipinski definition) is 3. The summed E-state index contributed by atoms with van der Waals surface area (Å²) in [5.74, 6) is 0.228. The summed E-state index contributed by atoms with van der Waals surface area (Å²) in [6.07, 6.45) is 3.28. The van der Waals surface area contributed by atoms with Gasteiger partial charge >= 0.3 is 0 Å². The summed E-state index contributed by atoms with van der Waals surface area (Å²) in [6, 6.07) is 9.73. The van der Waals surface area contributed by atoms with Crippen LogP contribution in [0.2, 0.25) is 10.0 Å². The van der Waals surface area contributed by atoms with Gasteiger partial charge in [-0.2, -0.15) is 5.10 Å². The molecule has 5 nitrogen and oxygen atoms in total. The fourth-order valence-corrected chi connectivity index (χ4v) is 3.05. The standard InChI is InChI=1S/C18H15Cl2FN4OS/c1-26-17-6-5-11(19)7-16(17)24-18(27)23-12-8-22-25(9-12)10-13-14(20)3-2-4-15(13)21/h2-9H,10H2,1H3,(H2,23,24,27). The van der Waals surface area contributed by atoms with Crippen LogP contribution in [0.25, 0.3) is 0 Å². The van der Waals surface area contributed by atoms with Crippen molar-refractivity contribution in [2.45, 2.75) is 6.54 Å². The number of ether oxygens (including phenoxy) is 1. The molecule has 1 heterocycles. The molecular weight excluding hydrogens is 410 g/mol. The molecule has 3 rings (SSSR count). The second-order valence-corrected chi connectivity index (χ2v) is 6.80. The Hall–Kier alpha value is -2.35. The molecule has 0 spiro atoms. The fourth-order valence-electron chi connectivity index (χ4n) is 2.42. The summed E-state index contributed by atoms with van der Waals surface area (Å²) in [7, 11) is 1.56. The molecule has 0 fully saturated rings. The maximum absolute atomic E-state index is 13.9. The van der Waals surface area contributed by atoms with Crippen molar-refractivity contribution < 1.29 is 9.13 Å². The van der Waals surface area contributed by atoms with Crippen molar-refractivity contribution in [2.75, 3.05) is 17.7 Å². The van der Waals surface area contributed by atoms with Gasteiger partial charge in [0.05, 0.1) is 31.2 Å². The van der Waals surface area contributed by atoms with E-state index in [0.29, 0.717) is 37.8 Å². The van der Waals surface area contributed by atoms with Gasteiger partial charge in [0.1, 0.15) is 11.6 Å². The zero-order valence-corrected chi connectivity index (χ0v) is 16.5. The SMILES string of the molecule is COc1ccc(Cl)cc1NC(=S)Nc1cnn(Cc2c(F)cccc2Cl)c1. The Balaban J connectivity index is 1.67. The number of benzene rings is 2. The molecular formula is C18H15Cl2FN4OS. The predicted molar refractivity (Wildman–Crippen MR) is 111 cm³/mol. The van der Waals surface area contributed by atoms with Crippen molar-refractivity contribution in [1.29, 1.82) is 0 Å². The minimum absolute atomic E-state index is 0.204. The summed E-state index contributed by atoms with van der Waals surface area (Å²) in [5.41, 5.74) is 1.65. The molecule has 0 aliphatic rings. The molecule has 0 unspecified atom stereocenters. The van der Waals surface area contributed by atoms with E-state index in [2.05, 4.69) is 15.7 Å². The number of thiocarbonyl (C=S) groups is 1. The molecule has 3 aromatic rings. The maximum Gasteiger partial charge on any atom is 0.175 e. The fraction of sp³-hybridized carbons (Fsp3) is 0.111. The third-order valence-corrected chi connectivity index (χ3v) is 4.48. The van der Waals surface area contributed by atoms with Crippen LogP contribution in [0.15, 0.2) is 48.8 Å². The van der Waals surface area contributed by atoms with Gasteiger partial charge in [0, 0.05) is 21.8 Å². The Labute approximate surface area is 171 Å². The number of methoxy groups -OCH3 is 1. The van der Waals surface area contributed by atoms with Gasteiger partial charge in [-0.15, -0.1) is 0 Å². The summed E-state index contributed by atoms with van der Waals surface area (Å²) in [4.78, 5) is 0. The van der Waals surface area contributed by atoms with Crippen molar-refractivity contribution in [3.63, 3.8) is 0 Å². The Morgan fingerprint density at radius 2 is 2.07 bits per heavy atom. The molecule has 0 atom stereocenters. The van der Waals surface area contributed by atoms with Crippen LogP contribution >= 0.6 is 35.4 Å². The largest absolute Gasteiger partial charge is 0.495 e. The van der Waals surface area contributed by atoms with Gasteiger partial charge in [-0.05, 0) is 42.5 Å². The van der Waals surface area contributed by atoms with Crippen molar-refractivity contribution in [2.24, 2.45) is 0 Å². The van der Waals surface area contributed by atoms with Crippen LogP contribution in [0, 0.1) is 5.82 Å². The summed E-state index contributed by atoms with van der Waals surface area (Å²) in [6.45, 7) is 0.204. The van der Waals surface area contributed by atoms with Gasteiger partial charge < -0.3 is 15.4 Å². The van der Waals surface area contributed by atoms with Crippen LogP contribution in [0.1, 0.15) is 5.56 Å². The molecule has 2 N–H and O–H groups in total. The lowest BCUT2D eigenvalue weighted by Crippen LogP contribution is -2.19. The summed E-state index contributed by atoms with van der Waals surface area (Å²) < 4.78 is 20.7. The van der Waals surface area contributed by atoms with Crippen LogP contribution in [0.5, 0.6) is 5.75 Å². The van der Waals surface area contributed by atoms with Gasteiger partial charge in [0.25, 0.3) is 0 Å². The van der Waals surface area contributed by atoms with E-state index in [9.17, 15) is 4.39 Å². The highest BCUT2D eigenvalue weighted by molar-refractivity contribution is 7.80. The molecule has 27 heavy (non-hydrogen) atoms. The second-order valence-electron chi connectivity index (χ2n) is 5.55. The smallest absolute Gasteiger partial charge is 0.175 e. The van der Waals surface area contributed by atoms with Crippen molar-refractivity contribution in [3.05, 3.63) is 70.2 Å². The van der Waals surface area contributed by atoms with Gasteiger partial charge in [-0.25, -0.2) is 4.39 Å². The predicted octanol–water partition coefficient (Wildman–Crippen LogP) is 5.19. The van der Waals surface area contributed by atoms with Crippen molar-refractivity contribution in [3.8, 4) is 5.75 Å². The average Bonchev–Trinajstić information content (AvgIpc) is 3.05. The number of nitrogens with one attached hydrogen (secondary N) is 2. The maximum atomic E-state index is 13.9. The molecule has 2 aromatic carbocycles. The number of hydrogen-bond donors (Lipinski definition) is 2. The molecule has 0 radical (unpaired) electrons. The average molecular weight is 425 g/mol. The first-order chi connectivity index (χ1) is 13.0. The molecule has 0 saturated heterocycles. The highest BCUT2D eigenvalue weighted by Crippen LogP contribution is 2.28. The molecule has 1 aromatic heterocycles. The summed E-state index contributed by atoms with van der Waals surface area (Å²) in [5, 5.41) is 11.5. The normalized spacial score (nSPS) is 10.5. The minimum Gasteiger partial charge on any atom is -0.495 e. The van der Waals surface area contributed by atoms with E-state index in [-0.39, 0.29) is 12.4 Å². The quantitative estimate of drug-likeness (QED) is 0.551. The van der Waals surface area contributed by atoms with Gasteiger partial charge in [-0.1, -0.05) is 29.3 Å². The lowest BCUT2D eigenvalue weighted by atomic mass is 10.2. The van der Waals surface area contributed by atoms with Crippen LogP contribution < -0.4 is 15.4 Å². The first-order valence-corrected chi connectivity index (χ1v) is 8.99. The third kappa shape index (κ3) is 4.88. The van der Waals surface area contributed by atoms with Crippen molar-refractivity contribution >= 4 is 51.9 Å². The molecule has 0 saturated carbocycles. The third-order valence-electron chi connectivity index (χ3n) is 3.68. The van der Waals surface area contributed by atoms with Crippen LogP contribution in [-0.4, -0.2) is 22.0 Å². The number of rotatable bonds is 5. The molecule has 0 aliphatic heterocycles. The van der Waals surface area contributed by atoms with Gasteiger partial charge in [-0.3, -0.25) is 4.68 Å². The molecule has 140 valence electrons. The van der Waals surface area contributed by atoms with Gasteiger partial charge in [0.15, 0.2) is 5.11 Å². The molecule has 0 bridgehead atoms. The van der Waals surface area contributed by atoms with Crippen molar-refractivity contribution in [1.82, 2.24) is 9.78 Å². The van der Waals surface area contributed by atoms with Gasteiger partial charge in [0.2, 0.25) is 0 Å². The van der Waals surface area contributed by atoms with Crippen LogP contribution in [-0.2, 0) is 6.54 Å². The number of aromatic nitrogens is 2. The Morgan fingerprint density at radius 3 is 2.81 bits per heavy atom. The van der Waals surface area contributed by atoms with E-state index in [1.54, 1.807) is 54.5 Å². The van der Waals surface area contributed by atoms with E-state index in [4.69, 9.17) is 40.2 Å². The lowest BCUT2D eigenvalue weighted by Gasteiger charge is -2.12. The zero-order chi connectivity index (χ0) is 19.4. The monoisotopic (exact) mass is 424 g/mol. The number of halogens is 3. The van der Waals surface area contributed by atoms with E-state index in [0.717, 1.165) is 0 Å². The lowest BCUT2D eigenvalue weighted by molar-refractivity contribution is 0.417. The first kappa shape index (κ1) is 19.4. The second kappa shape index (κ2) is 8.56. The molecule has 9 heteroatoms. The summed E-state index contributed by atoms with van der Waals surface area (Å²) >= 11 is 17.4. The molecule has 0 amide bonds. The van der Waals surface area contributed by atoms with Crippen LogP contribution in [0.3, 0.4) is 0 Å². The van der Waals surface area contributed by atoms with E-state index < -0.39 is 0 Å². The topological polar surface area (TPSA) is 51.1 Å². The number of nitrogens with zero attached hydrogens (tertiary/aromatic N) is 2. The zero-order valence-electron chi connectivity index (χ0n) is 14.2. The van der Waals surface area contributed by atoms with E-state index >= 15 is 0 Å². The number of anilines is 2. The Bertz CT molecular complexity index is 959. The van der Waals surface area contributed by atoms with E-state index in [1.807, 2.05) is 0 Å². The first-order valence-electron chi connectivity index (χ1n) is 7.83. The Kier molecular flexibility index (Phi) is 6.15. The Morgan fingerprint density at radius 1 is 1.26 bits per heavy atom. The highest BCUT2D eigenvalue weighted by atomic mass is 35.5. The minimum atomic E-state index is -0.377. The molecule has 0 aliphatic carbocycles.